The van der Waals surface area contributed by atoms with Crippen molar-refractivity contribution in [3.05, 3.63) is 114 Å². The summed E-state index contributed by atoms with van der Waals surface area (Å²) in [6.07, 6.45) is 0. The highest BCUT2D eigenvalue weighted by Crippen LogP contribution is 2.41. The maximum Gasteiger partial charge on any atom is 0.200 e. The molecule has 7 rings (SSSR count). The fourth-order valence-electron chi connectivity index (χ4n) is 5.08. The van der Waals surface area contributed by atoms with Crippen LogP contribution in [0.1, 0.15) is 0 Å². The third kappa shape index (κ3) is 3.58. The summed E-state index contributed by atoms with van der Waals surface area (Å²) in [5.41, 5.74) is 3.95. The molecule has 9 heteroatoms. The van der Waals surface area contributed by atoms with E-state index in [9.17, 15) is 22.0 Å². The van der Waals surface area contributed by atoms with Gasteiger partial charge < -0.3 is 0 Å². The van der Waals surface area contributed by atoms with E-state index in [0.29, 0.717) is 22.2 Å². The second-order valence-corrected chi connectivity index (χ2v) is 9.70. The van der Waals surface area contributed by atoms with Gasteiger partial charge >= 0.3 is 0 Å². The number of para-hydroxylation sites is 1. The second kappa shape index (κ2) is 9.17. The lowest BCUT2D eigenvalue weighted by Gasteiger charge is -2.13. The quantitative estimate of drug-likeness (QED) is 0.0945. The average Bonchev–Trinajstić information content (AvgIpc) is 3.49. The lowest BCUT2D eigenvalue weighted by atomic mass is 9.93. The van der Waals surface area contributed by atoms with Crippen molar-refractivity contribution in [1.82, 2.24) is 13.7 Å². The van der Waals surface area contributed by atoms with Crippen LogP contribution in [-0.4, -0.2) is 13.7 Å². The summed E-state index contributed by atoms with van der Waals surface area (Å²) in [5.74, 6) is -9.94. The van der Waals surface area contributed by atoms with Crippen LogP contribution in [0.25, 0.3) is 66.2 Å². The maximum atomic E-state index is 14.4. The normalized spacial score (nSPS) is 11.6. The summed E-state index contributed by atoms with van der Waals surface area (Å²) in [6, 6.07) is 25.2. The highest BCUT2D eigenvalue weighted by Gasteiger charge is 2.27. The van der Waals surface area contributed by atoms with Crippen molar-refractivity contribution >= 4 is 44.4 Å². The zero-order valence-electron chi connectivity index (χ0n) is 20.2. The van der Waals surface area contributed by atoms with Gasteiger partial charge in [0.25, 0.3) is 0 Å². The molecule has 0 aliphatic heterocycles. The molecule has 0 aliphatic carbocycles. The summed E-state index contributed by atoms with van der Waals surface area (Å²) < 4.78 is 79.3. The molecule has 7 aromatic rings. The van der Waals surface area contributed by atoms with Crippen LogP contribution in [0.3, 0.4) is 0 Å². The molecule has 0 aliphatic rings. The summed E-state index contributed by atoms with van der Waals surface area (Å²) >= 11 is 1.06. The van der Waals surface area contributed by atoms with Gasteiger partial charge in [-0.3, -0.25) is 0 Å². The van der Waals surface area contributed by atoms with Gasteiger partial charge in [0.15, 0.2) is 23.3 Å². The summed E-state index contributed by atoms with van der Waals surface area (Å²) in [5, 5.41) is 2.65. The van der Waals surface area contributed by atoms with E-state index in [0.717, 1.165) is 44.7 Å². The predicted octanol–water partition coefficient (Wildman–Crippen LogP) is 9.09. The Morgan fingerprint density at radius 1 is 0.525 bits per heavy atom. The van der Waals surface area contributed by atoms with E-state index < -0.39 is 34.6 Å². The van der Waals surface area contributed by atoms with E-state index in [-0.39, 0.29) is 5.56 Å². The van der Waals surface area contributed by atoms with Crippen LogP contribution < -0.4 is 0 Å². The summed E-state index contributed by atoms with van der Waals surface area (Å²) in [4.78, 5) is 4.97. The standard InChI is InChI=1S/C31H14F5N3S/c32-24-22(25(33)27(35)28(36)26(24)34)16-12-10-15(11-13-16)19-14-20-23(31-30(19)38-40-39-31)18-8-4-5-9-21(18)37-29(20)17-6-2-1-3-7-17/h1-14H. The third-order valence-corrected chi connectivity index (χ3v) is 7.47. The van der Waals surface area contributed by atoms with Crippen molar-refractivity contribution in [1.29, 1.82) is 0 Å². The van der Waals surface area contributed by atoms with Crippen molar-refractivity contribution in [2.45, 2.75) is 0 Å². The molecular formula is C31H14F5N3S. The molecule has 0 saturated carbocycles. The van der Waals surface area contributed by atoms with E-state index in [4.69, 9.17) is 4.98 Å². The molecule has 2 aromatic heterocycles. The Labute approximate surface area is 227 Å². The van der Waals surface area contributed by atoms with Crippen LogP contribution in [0.5, 0.6) is 0 Å². The predicted molar refractivity (Wildman–Crippen MR) is 146 cm³/mol. The molecule has 2 heterocycles. The first-order valence-electron chi connectivity index (χ1n) is 12.1. The third-order valence-electron chi connectivity index (χ3n) is 6.94. The van der Waals surface area contributed by atoms with Gasteiger partial charge in [0, 0.05) is 27.3 Å². The molecule has 0 atom stereocenters. The van der Waals surface area contributed by atoms with Crippen molar-refractivity contribution in [2.24, 2.45) is 0 Å². The number of halogens is 5. The lowest BCUT2D eigenvalue weighted by Crippen LogP contribution is -2.03. The number of aromatic nitrogens is 3. The molecule has 3 nitrogen and oxygen atoms in total. The number of fused-ring (bicyclic) bond motifs is 5. The van der Waals surface area contributed by atoms with Gasteiger partial charge in [-0.15, -0.1) is 0 Å². The van der Waals surface area contributed by atoms with Gasteiger partial charge in [0.2, 0.25) is 5.82 Å². The molecule has 194 valence electrons. The number of hydrogen-bond acceptors (Lipinski definition) is 4. The van der Waals surface area contributed by atoms with Crippen LogP contribution in [0.2, 0.25) is 0 Å². The Kier molecular flexibility index (Phi) is 5.57. The molecule has 5 aromatic carbocycles. The first-order chi connectivity index (χ1) is 19.4. The first-order valence-corrected chi connectivity index (χ1v) is 12.8. The van der Waals surface area contributed by atoms with E-state index in [1.54, 1.807) is 12.1 Å². The minimum Gasteiger partial charge on any atom is -0.247 e. The van der Waals surface area contributed by atoms with Crippen LogP contribution in [0.4, 0.5) is 22.0 Å². The van der Waals surface area contributed by atoms with E-state index >= 15 is 0 Å². The number of benzene rings is 5. The number of pyridine rings is 1. The Balaban J connectivity index is 1.48. The van der Waals surface area contributed by atoms with Crippen LogP contribution >= 0.6 is 11.7 Å². The molecule has 0 fully saturated rings. The average molecular weight is 556 g/mol. The Hall–Kier alpha value is -4.76. The minimum absolute atomic E-state index is 0.150. The molecule has 40 heavy (non-hydrogen) atoms. The summed E-state index contributed by atoms with van der Waals surface area (Å²) in [6.45, 7) is 0. The van der Waals surface area contributed by atoms with Crippen LogP contribution in [0.15, 0.2) is 84.9 Å². The van der Waals surface area contributed by atoms with E-state index in [2.05, 4.69) is 8.75 Å². The van der Waals surface area contributed by atoms with Crippen LogP contribution in [0, 0.1) is 29.1 Å². The molecule has 0 N–H and O–H groups in total. The Bertz CT molecular complexity index is 2080. The topological polar surface area (TPSA) is 38.7 Å². The van der Waals surface area contributed by atoms with Crippen LogP contribution in [-0.2, 0) is 0 Å². The maximum absolute atomic E-state index is 14.4. The monoisotopic (exact) mass is 555 g/mol. The summed E-state index contributed by atoms with van der Waals surface area (Å²) in [7, 11) is 0. The SMILES string of the molecule is Fc1c(F)c(F)c(-c2ccc(-c3cc4c(-c5ccccc5)nc5ccccc5c4c4nsnc34)cc2)c(F)c1F. The van der Waals surface area contributed by atoms with Crippen molar-refractivity contribution in [3.63, 3.8) is 0 Å². The molecule has 0 radical (unpaired) electrons. The highest BCUT2D eigenvalue weighted by atomic mass is 32.1. The molecule has 0 spiro atoms. The smallest absolute Gasteiger partial charge is 0.200 e. The molecule has 0 amide bonds. The van der Waals surface area contributed by atoms with E-state index in [1.165, 1.54) is 12.1 Å². The van der Waals surface area contributed by atoms with Gasteiger partial charge in [0.05, 0.1) is 28.5 Å². The molecule has 0 unspecified atom stereocenters. The van der Waals surface area contributed by atoms with Crippen molar-refractivity contribution < 1.29 is 22.0 Å². The van der Waals surface area contributed by atoms with Crippen molar-refractivity contribution in [3.8, 4) is 33.5 Å². The second-order valence-electron chi connectivity index (χ2n) is 9.17. The number of nitrogens with zero attached hydrogens (tertiary/aromatic N) is 3. The minimum atomic E-state index is -2.19. The van der Waals surface area contributed by atoms with Gasteiger partial charge in [-0.05, 0) is 23.3 Å². The first kappa shape index (κ1) is 24.3. The van der Waals surface area contributed by atoms with Crippen molar-refractivity contribution in [2.75, 3.05) is 0 Å². The van der Waals surface area contributed by atoms with Gasteiger partial charge in [-0.1, -0.05) is 72.8 Å². The molecule has 0 bridgehead atoms. The lowest BCUT2D eigenvalue weighted by molar-refractivity contribution is 0.381. The fourth-order valence-corrected chi connectivity index (χ4v) is 5.64. The zero-order chi connectivity index (χ0) is 27.5. The number of hydrogen-bond donors (Lipinski definition) is 0. The number of rotatable bonds is 3. The largest absolute Gasteiger partial charge is 0.247 e. The molecular weight excluding hydrogens is 541 g/mol. The highest BCUT2D eigenvalue weighted by molar-refractivity contribution is 7.00. The molecule has 0 saturated heterocycles. The Morgan fingerprint density at radius 2 is 1.12 bits per heavy atom. The van der Waals surface area contributed by atoms with Gasteiger partial charge in [-0.25, -0.2) is 26.9 Å². The van der Waals surface area contributed by atoms with Gasteiger partial charge in [0.1, 0.15) is 11.0 Å². The fraction of sp³-hybridized carbons (Fsp3) is 0. The zero-order valence-corrected chi connectivity index (χ0v) is 21.0. The Morgan fingerprint density at radius 3 is 1.85 bits per heavy atom. The van der Waals surface area contributed by atoms with E-state index in [1.807, 2.05) is 60.7 Å². The van der Waals surface area contributed by atoms with Gasteiger partial charge in [-0.2, -0.15) is 8.75 Å².